The smallest absolute Gasteiger partial charge is 0.267 e. The van der Waals surface area contributed by atoms with Gasteiger partial charge in [0.05, 0.1) is 5.69 Å². The number of hydrogen-bond acceptors (Lipinski definition) is 5. The van der Waals surface area contributed by atoms with Gasteiger partial charge in [0.2, 0.25) is 12.7 Å². The van der Waals surface area contributed by atoms with Crippen LogP contribution in [0.15, 0.2) is 59.4 Å². The first kappa shape index (κ1) is 20.0. The minimum Gasteiger partial charge on any atom is -0.454 e. The summed E-state index contributed by atoms with van der Waals surface area (Å²) in [6.07, 6.45) is 0. The Bertz CT molecular complexity index is 1160. The molecule has 1 aromatic heterocycles. The normalized spacial score (nSPS) is 12.6. The van der Waals surface area contributed by atoms with Crippen LogP contribution in [0.2, 0.25) is 5.02 Å². The quantitative estimate of drug-likeness (QED) is 0.677. The summed E-state index contributed by atoms with van der Waals surface area (Å²) in [4.78, 5) is 25.4. The molecule has 0 aliphatic carbocycles. The van der Waals surface area contributed by atoms with Gasteiger partial charge in [0, 0.05) is 23.2 Å². The zero-order valence-electron chi connectivity index (χ0n) is 16.5. The molecule has 1 N–H and O–H groups in total. The lowest BCUT2D eigenvalue weighted by atomic mass is 10.0. The van der Waals surface area contributed by atoms with Gasteiger partial charge in [-0.1, -0.05) is 23.7 Å². The fraction of sp³-hybridized carbons (Fsp3) is 0.227. The molecule has 1 amide bonds. The van der Waals surface area contributed by atoms with Gasteiger partial charge in [0.25, 0.3) is 5.56 Å². The average Bonchev–Trinajstić information content (AvgIpc) is 3.21. The summed E-state index contributed by atoms with van der Waals surface area (Å²) in [5.41, 5.74) is 0.636. The molecule has 1 aliphatic heterocycles. The van der Waals surface area contributed by atoms with Crippen LogP contribution in [0, 0.1) is 0 Å². The van der Waals surface area contributed by atoms with Crippen LogP contribution in [0.1, 0.15) is 19.4 Å². The summed E-state index contributed by atoms with van der Waals surface area (Å²) in [5, 5.41) is 7.94. The molecule has 30 heavy (non-hydrogen) atoms. The largest absolute Gasteiger partial charge is 0.454 e. The zero-order chi connectivity index (χ0) is 21.3. The molecule has 0 saturated carbocycles. The summed E-state index contributed by atoms with van der Waals surface area (Å²) < 4.78 is 11.9. The van der Waals surface area contributed by atoms with E-state index in [1.165, 1.54) is 10.7 Å². The highest BCUT2D eigenvalue weighted by Gasteiger charge is 2.32. The number of amides is 1. The number of aromatic nitrogens is 2. The fourth-order valence-electron chi connectivity index (χ4n) is 3.12. The monoisotopic (exact) mass is 425 g/mol. The lowest BCUT2D eigenvalue weighted by Gasteiger charge is -2.25. The van der Waals surface area contributed by atoms with Gasteiger partial charge in [0.15, 0.2) is 11.5 Å². The molecule has 0 unspecified atom stereocenters. The third-order valence-electron chi connectivity index (χ3n) is 4.92. The second-order valence-corrected chi connectivity index (χ2v) is 7.84. The van der Waals surface area contributed by atoms with Crippen LogP contribution in [0.25, 0.3) is 11.3 Å². The lowest BCUT2D eigenvalue weighted by molar-refractivity contribution is -0.129. The third-order valence-corrected chi connectivity index (χ3v) is 5.17. The Morgan fingerprint density at radius 1 is 1.10 bits per heavy atom. The van der Waals surface area contributed by atoms with E-state index < -0.39 is 5.54 Å². The summed E-state index contributed by atoms with van der Waals surface area (Å²) in [5.74, 6) is 0.955. The number of benzene rings is 2. The van der Waals surface area contributed by atoms with E-state index >= 15 is 0 Å². The first-order chi connectivity index (χ1) is 14.3. The van der Waals surface area contributed by atoms with E-state index in [1.54, 1.807) is 44.2 Å². The Morgan fingerprint density at radius 3 is 2.60 bits per heavy atom. The topological polar surface area (TPSA) is 82.5 Å². The first-order valence-electron chi connectivity index (χ1n) is 9.38. The summed E-state index contributed by atoms with van der Waals surface area (Å²) in [6, 6.07) is 15.6. The molecule has 8 heteroatoms. The molecule has 2 heterocycles. The molecule has 0 fully saturated rings. The molecule has 154 valence electrons. The van der Waals surface area contributed by atoms with E-state index in [9.17, 15) is 9.59 Å². The van der Waals surface area contributed by atoms with Crippen molar-refractivity contribution in [3.05, 3.63) is 75.5 Å². The van der Waals surface area contributed by atoms with Crippen LogP contribution in [-0.4, -0.2) is 22.5 Å². The summed E-state index contributed by atoms with van der Waals surface area (Å²) in [7, 11) is 0. The van der Waals surface area contributed by atoms with Gasteiger partial charge in [-0.05, 0) is 55.8 Å². The molecule has 0 spiro atoms. The standard InChI is InChI=1S/C22H20ClN3O4/c1-22(2,21(28)24-12-14-3-6-16(23)7-4-14)26-20(27)10-8-17(25-26)15-5-9-18-19(11-15)30-13-29-18/h3-11H,12-13H2,1-2H3,(H,24,28). The van der Waals surface area contributed by atoms with E-state index in [2.05, 4.69) is 10.4 Å². The highest BCUT2D eigenvalue weighted by Crippen LogP contribution is 2.35. The van der Waals surface area contributed by atoms with Crippen LogP contribution in [0.3, 0.4) is 0 Å². The molecule has 0 bridgehead atoms. The van der Waals surface area contributed by atoms with Crippen LogP contribution in [-0.2, 0) is 16.9 Å². The maximum Gasteiger partial charge on any atom is 0.267 e. The van der Waals surface area contributed by atoms with Gasteiger partial charge in [-0.15, -0.1) is 0 Å². The van der Waals surface area contributed by atoms with Gasteiger partial charge < -0.3 is 14.8 Å². The van der Waals surface area contributed by atoms with E-state index in [1.807, 2.05) is 18.2 Å². The predicted octanol–water partition coefficient (Wildman–Crippen LogP) is 3.34. The Balaban J connectivity index is 1.58. The van der Waals surface area contributed by atoms with E-state index in [0.29, 0.717) is 28.8 Å². The Hall–Kier alpha value is -3.32. The van der Waals surface area contributed by atoms with Gasteiger partial charge >= 0.3 is 0 Å². The molecule has 0 radical (unpaired) electrons. The van der Waals surface area contributed by atoms with Crippen molar-refractivity contribution in [2.24, 2.45) is 0 Å². The Labute approximate surface area is 178 Å². The minimum absolute atomic E-state index is 0.173. The number of carbonyl (C=O) groups is 1. The van der Waals surface area contributed by atoms with Crippen molar-refractivity contribution in [3.63, 3.8) is 0 Å². The van der Waals surface area contributed by atoms with E-state index in [4.69, 9.17) is 21.1 Å². The molecule has 3 aromatic rings. The SMILES string of the molecule is CC(C)(C(=O)NCc1ccc(Cl)cc1)n1nc(-c2ccc3c(c2)OCO3)ccc1=O. The number of carbonyl (C=O) groups excluding carboxylic acids is 1. The molecule has 4 rings (SSSR count). The molecular weight excluding hydrogens is 406 g/mol. The number of fused-ring (bicyclic) bond motifs is 1. The van der Waals surface area contributed by atoms with Crippen molar-refractivity contribution in [2.75, 3.05) is 6.79 Å². The van der Waals surface area contributed by atoms with E-state index in [0.717, 1.165) is 11.1 Å². The highest BCUT2D eigenvalue weighted by atomic mass is 35.5. The Kier molecular flexibility index (Phi) is 5.22. The summed E-state index contributed by atoms with van der Waals surface area (Å²) in [6.45, 7) is 3.80. The van der Waals surface area contributed by atoms with Crippen molar-refractivity contribution in [3.8, 4) is 22.8 Å². The Morgan fingerprint density at radius 2 is 1.83 bits per heavy atom. The van der Waals surface area contributed by atoms with E-state index in [-0.39, 0.29) is 18.3 Å². The second kappa shape index (κ2) is 7.84. The van der Waals surface area contributed by atoms with Crippen molar-refractivity contribution in [1.29, 1.82) is 0 Å². The highest BCUT2D eigenvalue weighted by molar-refractivity contribution is 6.30. The molecule has 7 nitrogen and oxygen atoms in total. The zero-order valence-corrected chi connectivity index (χ0v) is 17.3. The van der Waals surface area contributed by atoms with Crippen molar-refractivity contribution in [2.45, 2.75) is 25.9 Å². The van der Waals surface area contributed by atoms with Crippen molar-refractivity contribution < 1.29 is 14.3 Å². The maximum atomic E-state index is 12.9. The van der Waals surface area contributed by atoms with Crippen LogP contribution in [0.5, 0.6) is 11.5 Å². The molecular formula is C22H20ClN3O4. The number of ether oxygens (including phenoxy) is 2. The molecule has 1 aliphatic rings. The molecule has 0 saturated heterocycles. The van der Waals surface area contributed by atoms with Gasteiger partial charge in [0.1, 0.15) is 5.54 Å². The number of nitrogens with zero attached hydrogens (tertiary/aromatic N) is 2. The second-order valence-electron chi connectivity index (χ2n) is 7.40. The van der Waals surface area contributed by atoms with Gasteiger partial charge in [-0.2, -0.15) is 5.10 Å². The number of halogens is 1. The number of nitrogens with one attached hydrogen (secondary N) is 1. The van der Waals surface area contributed by atoms with Crippen molar-refractivity contribution >= 4 is 17.5 Å². The van der Waals surface area contributed by atoms with Gasteiger partial charge in [-0.3, -0.25) is 9.59 Å². The number of hydrogen-bond donors (Lipinski definition) is 1. The van der Waals surface area contributed by atoms with Crippen molar-refractivity contribution in [1.82, 2.24) is 15.1 Å². The average molecular weight is 426 g/mol. The van der Waals surface area contributed by atoms with Crippen LogP contribution < -0.4 is 20.3 Å². The maximum absolute atomic E-state index is 12.9. The van der Waals surface area contributed by atoms with Crippen LogP contribution >= 0.6 is 11.6 Å². The first-order valence-corrected chi connectivity index (χ1v) is 9.76. The lowest BCUT2D eigenvalue weighted by Crippen LogP contribution is -2.49. The van der Waals surface area contributed by atoms with Gasteiger partial charge in [-0.25, -0.2) is 4.68 Å². The predicted molar refractivity (Wildman–Crippen MR) is 113 cm³/mol. The minimum atomic E-state index is -1.20. The fourth-order valence-corrected chi connectivity index (χ4v) is 3.24. The molecule has 2 aromatic carbocycles. The summed E-state index contributed by atoms with van der Waals surface area (Å²) >= 11 is 5.89. The van der Waals surface area contributed by atoms with Crippen LogP contribution in [0.4, 0.5) is 0 Å². The third kappa shape index (κ3) is 3.89. The number of rotatable bonds is 5. The molecule has 0 atom stereocenters.